The molecule has 0 saturated carbocycles. The summed E-state index contributed by atoms with van der Waals surface area (Å²) >= 11 is 0. The maximum absolute atomic E-state index is 12.3. The molecular weight excluding hydrogens is 252 g/mol. The number of ether oxygens (including phenoxy) is 1. The average molecular weight is 270 g/mol. The molecule has 20 heavy (non-hydrogen) atoms. The zero-order chi connectivity index (χ0) is 14.1. The van der Waals surface area contributed by atoms with Gasteiger partial charge in [0.05, 0.1) is 25.3 Å². The van der Waals surface area contributed by atoms with Crippen molar-refractivity contribution in [3.05, 3.63) is 52.8 Å². The maximum atomic E-state index is 12.3. The molecule has 0 N–H and O–H groups in total. The summed E-state index contributed by atoms with van der Waals surface area (Å²) in [5, 5.41) is 4.42. The first-order valence-corrected chi connectivity index (χ1v) is 6.90. The molecule has 104 valence electrons. The number of Topliss-reactive ketones (excluding diaryl/α,β-unsaturated/α-hetero) is 1. The summed E-state index contributed by atoms with van der Waals surface area (Å²) in [6.07, 6.45) is 2.27. The normalized spacial score (nSPS) is 13.8. The van der Waals surface area contributed by atoms with E-state index in [2.05, 4.69) is 18.9 Å². The largest absolute Gasteiger partial charge is 0.372 e. The van der Waals surface area contributed by atoms with Gasteiger partial charge in [-0.25, -0.2) is 0 Å². The number of fused-ring (bicyclic) bond motifs is 1. The number of rotatable bonds is 4. The van der Waals surface area contributed by atoms with Crippen LogP contribution in [0.25, 0.3) is 0 Å². The molecule has 0 saturated heterocycles. The molecule has 0 amide bonds. The van der Waals surface area contributed by atoms with Gasteiger partial charge in [0.1, 0.15) is 0 Å². The van der Waals surface area contributed by atoms with Crippen LogP contribution in [0.1, 0.15) is 47.1 Å². The van der Waals surface area contributed by atoms with Crippen molar-refractivity contribution >= 4 is 5.78 Å². The molecule has 4 nitrogen and oxygen atoms in total. The molecule has 0 unspecified atom stereocenters. The summed E-state index contributed by atoms with van der Waals surface area (Å²) in [6, 6.07) is 8.05. The summed E-state index contributed by atoms with van der Waals surface area (Å²) in [7, 11) is 0. The number of nitrogens with zero attached hydrogens (tertiary/aromatic N) is 2. The number of hydrogen-bond acceptors (Lipinski definition) is 3. The van der Waals surface area contributed by atoms with Crippen LogP contribution >= 0.6 is 0 Å². The lowest BCUT2D eigenvalue weighted by Crippen LogP contribution is -2.07. The Balaban J connectivity index is 1.75. The van der Waals surface area contributed by atoms with E-state index in [9.17, 15) is 4.79 Å². The number of aromatic nitrogens is 2. The van der Waals surface area contributed by atoms with E-state index in [-0.39, 0.29) is 5.78 Å². The lowest BCUT2D eigenvalue weighted by molar-refractivity contribution is 0.0991. The Bertz CT molecular complexity index is 644. The molecule has 0 fully saturated rings. The van der Waals surface area contributed by atoms with Crippen molar-refractivity contribution in [2.75, 3.05) is 0 Å². The fraction of sp³-hybridized carbons (Fsp3) is 0.375. The van der Waals surface area contributed by atoms with Crippen molar-refractivity contribution in [2.45, 2.75) is 39.5 Å². The van der Waals surface area contributed by atoms with Crippen LogP contribution in [-0.4, -0.2) is 15.6 Å². The highest BCUT2D eigenvalue weighted by atomic mass is 16.5. The predicted molar refractivity (Wildman–Crippen MR) is 75.6 cm³/mol. The van der Waals surface area contributed by atoms with Gasteiger partial charge in [-0.2, -0.15) is 5.10 Å². The van der Waals surface area contributed by atoms with Crippen molar-refractivity contribution in [3.63, 3.8) is 0 Å². The predicted octanol–water partition coefficient (Wildman–Crippen LogP) is 2.92. The van der Waals surface area contributed by atoms with Crippen molar-refractivity contribution in [3.8, 4) is 0 Å². The van der Waals surface area contributed by atoms with Crippen LogP contribution in [0.5, 0.6) is 0 Å². The Hall–Kier alpha value is -1.94. The third kappa shape index (κ3) is 2.51. The van der Waals surface area contributed by atoms with E-state index in [1.54, 1.807) is 0 Å². The Labute approximate surface area is 118 Å². The van der Waals surface area contributed by atoms with Gasteiger partial charge < -0.3 is 4.74 Å². The summed E-state index contributed by atoms with van der Waals surface area (Å²) in [6.45, 7) is 5.40. The van der Waals surface area contributed by atoms with Gasteiger partial charge in [-0.3, -0.25) is 9.48 Å². The van der Waals surface area contributed by atoms with E-state index in [0.717, 1.165) is 16.8 Å². The zero-order valence-electron chi connectivity index (χ0n) is 11.8. The summed E-state index contributed by atoms with van der Waals surface area (Å²) in [5.41, 5.74) is 3.88. The second-order valence-corrected chi connectivity index (χ2v) is 5.46. The monoisotopic (exact) mass is 270 g/mol. The van der Waals surface area contributed by atoms with E-state index < -0.39 is 0 Å². The van der Waals surface area contributed by atoms with Gasteiger partial charge in [-0.15, -0.1) is 0 Å². The van der Waals surface area contributed by atoms with Crippen molar-refractivity contribution in [2.24, 2.45) is 0 Å². The molecule has 4 heteroatoms. The molecule has 2 heterocycles. The summed E-state index contributed by atoms with van der Waals surface area (Å²) in [5.74, 6) is 0.105. The highest BCUT2D eigenvalue weighted by molar-refractivity contribution is 5.97. The topological polar surface area (TPSA) is 44.1 Å². The molecular formula is C16H18N2O2. The first-order valence-electron chi connectivity index (χ1n) is 6.90. The third-order valence-corrected chi connectivity index (χ3v) is 3.58. The molecule has 0 aliphatic carbocycles. The number of hydrogen-bond donors (Lipinski definition) is 0. The van der Waals surface area contributed by atoms with Gasteiger partial charge in [0, 0.05) is 17.8 Å². The molecule has 0 atom stereocenters. The molecule has 0 radical (unpaired) electrons. The van der Waals surface area contributed by atoms with Crippen molar-refractivity contribution < 1.29 is 9.53 Å². The van der Waals surface area contributed by atoms with Crippen LogP contribution < -0.4 is 0 Å². The second kappa shape index (κ2) is 5.21. The number of benzene rings is 1. The Morgan fingerprint density at radius 3 is 2.85 bits per heavy atom. The minimum Gasteiger partial charge on any atom is -0.372 e. The SMILES string of the molecule is CC(C)n1ccc(CC(=O)c2ccc3c(c2)COC3)n1. The highest BCUT2D eigenvalue weighted by Gasteiger charge is 2.15. The van der Waals surface area contributed by atoms with E-state index in [1.165, 1.54) is 5.56 Å². The lowest BCUT2D eigenvalue weighted by Gasteiger charge is -2.04. The Kier molecular flexibility index (Phi) is 3.40. The van der Waals surface area contributed by atoms with Crippen LogP contribution in [0.2, 0.25) is 0 Å². The fourth-order valence-corrected chi connectivity index (χ4v) is 2.37. The highest BCUT2D eigenvalue weighted by Crippen LogP contribution is 2.21. The quantitative estimate of drug-likeness (QED) is 0.802. The van der Waals surface area contributed by atoms with Crippen LogP contribution in [0.3, 0.4) is 0 Å². The van der Waals surface area contributed by atoms with E-state index in [0.29, 0.717) is 25.7 Å². The lowest BCUT2D eigenvalue weighted by atomic mass is 10.0. The number of carbonyl (C=O) groups is 1. The first-order chi connectivity index (χ1) is 9.63. The first kappa shape index (κ1) is 13.1. The fourth-order valence-electron chi connectivity index (χ4n) is 2.37. The molecule has 2 aromatic rings. The minimum atomic E-state index is 0.105. The van der Waals surface area contributed by atoms with Gasteiger partial charge in [0.15, 0.2) is 5.78 Å². The van der Waals surface area contributed by atoms with Crippen LogP contribution in [0, 0.1) is 0 Å². The van der Waals surface area contributed by atoms with Crippen molar-refractivity contribution in [1.82, 2.24) is 9.78 Å². The molecule has 3 rings (SSSR count). The molecule has 1 aliphatic heterocycles. The van der Waals surface area contributed by atoms with E-state index in [1.807, 2.05) is 35.1 Å². The summed E-state index contributed by atoms with van der Waals surface area (Å²) in [4.78, 5) is 12.3. The third-order valence-electron chi connectivity index (χ3n) is 3.58. The van der Waals surface area contributed by atoms with Gasteiger partial charge in [-0.05, 0) is 37.1 Å². The zero-order valence-corrected chi connectivity index (χ0v) is 11.8. The van der Waals surface area contributed by atoms with Gasteiger partial charge in [0.2, 0.25) is 0 Å². The molecule has 0 spiro atoms. The second-order valence-electron chi connectivity index (χ2n) is 5.46. The molecule has 1 aliphatic rings. The van der Waals surface area contributed by atoms with Crippen LogP contribution in [0.4, 0.5) is 0 Å². The van der Waals surface area contributed by atoms with Crippen molar-refractivity contribution in [1.29, 1.82) is 0 Å². The molecule has 1 aromatic carbocycles. The minimum absolute atomic E-state index is 0.105. The maximum Gasteiger partial charge on any atom is 0.168 e. The Morgan fingerprint density at radius 1 is 1.30 bits per heavy atom. The van der Waals surface area contributed by atoms with E-state index >= 15 is 0 Å². The van der Waals surface area contributed by atoms with Gasteiger partial charge in [-0.1, -0.05) is 12.1 Å². The van der Waals surface area contributed by atoms with Crippen LogP contribution in [0.15, 0.2) is 30.5 Å². The van der Waals surface area contributed by atoms with Gasteiger partial charge >= 0.3 is 0 Å². The molecule has 0 bridgehead atoms. The smallest absolute Gasteiger partial charge is 0.168 e. The molecule has 1 aromatic heterocycles. The number of ketones is 1. The Morgan fingerprint density at radius 2 is 2.10 bits per heavy atom. The number of carbonyl (C=O) groups excluding carboxylic acids is 1. The summed E-state index contributed by atoms with van der Waals surface area (Å²) < 4.78 is 7.24. The van der Waals surface area contributed by atoms with Crippen LogP contribution in [-0.2, 0) is 24.4 Å². The van der Waals surface area contributed by atoms with E-state index in [4.69, 9.17) is 4.74 Å². The van der Waals surface area contributed by atoms with Gasteiger partial charge in [0.25, 0.3) is 0 Å². The average Bonchev–Trinajstić information content (AvgIpc) is 3.05. The standard InChI is InChI=1S/C16H18N2O2/c1-11(2)18-6-5-15(17-18)8-16(19)12-3-4-13-9-20-10-14(13)7-12/h3-7,11H,8-10H2,1-2H3.